The van der Waals surface area contributed by atoms with Crippen LogP contribution in [0.5, 0.6) is 5.75 Å². The monoisotopic (exact) mass is 312 g/mol. The highest BCUT2D eigenvalue weighted by molar-refractivity contribution is 7.80. The van der Waals surface area contributed by atoms with Gasteiger partial charge in [0.2, 0.25) is 0 Å². The van der Waals surface area contributed by atoms with Crippen molar-refractivity contribution < 1.29 is 14.4 Å². The molecule has 1 aromatic rings. The first-order valence-electron chi connectivity index (χ1n) is 6.33. The second-order valence-electron chi connectivity index (χ2n) is 4.31. The Morgan fingerprint density at radius 2 is 2.19 bits per heavy atom. The number of nitro groups is 1. The largest absolute Gasteiger partial charge is 0.494 e. The number of thiocarbonyl (C=S) groups is 1. The number of morpholine rings is 1. The Labute approximate surface area is 127 Å². The fourth-order valence-corrected chi connectivity index (χ4v) is 2.10. The van der Waals surface area contributed by atoms with Crippen LogP contribution >= 0.6 is 12.2 Å². The third-order valence-electron chi connectivity index (χ3n) is 2.91. The minimum absolute atomic E-state index is 0.0375. The van der Waals surface area contributed by atoms with E-state index in [2.05, 4.69) is 10.7 Å². The molecule has 2 N–H and O–H groups in total. The van der Waals surface area contributed by atoms with Gasteiger partial charge in [-0.2, -0.15) is 0 Å². The lowest BCUT2D eigenvalue weighted by Gasteiger charge is -2.28. The third-order valence-corrected chi connectivity index (χ3v) is 3.11. The predicted octanol–water partition coefficient (Wildman–Crippen LogP) is 1.14. The normalized spacial score (nSPS) is 15.3. The van der Waals surface area contributed by atoms with Gasteiger partial charge in [0.15, 0.2) is 5.11 Å². The maximum Gasteiger partial charge on any atom is 0.273 e. The van der Waals surface area contributed by atoms with E-state index in [9.17, 15) is 10.1 Å². The Bertz CT molecular complexity index is 534. The first kappa shape index (κ1) is 15.4. The highest BCUT2D eigenvalue weighted by Gasteiger charge is 2.14. The summed E-state index contributed by atoms with van der Waals surface area (Å²) in [5.41, 5.74) is 3.57. The second kappa shape index (κ2) is 7.16. The Morgan fingerprint density at radius 3 is 2.81 bits per heavy atom. The standard InChI is InChI=1S/C12H16N4O4S/c1-19-11-8-9(16(17)18)2-3-10(11)13-12(21)14-15-4-6-20-7-5-15/h2-3,8H,4-7H2,1H3,(H2,13,14,21). The maximum atomic E-state index is 10.7. The molecule has 21 heavy (non-hydrogen) atoms. The average Bonchev–Trinajstić information content (AvgIpc) is 2.48. The van der Waals surface area contributed by atoms with Crippen molar-refractivity contribution in [2.24, 2.45) is 0 Å². The Kier molecular flexibility index (Phi) is 5.26. The summed E-state index contributed by atoms with van der Waals surface area (Å²) in [6.07, 6.45) is 0. The molecule has 1 aliphatic rings. The molecule has 0 bridgehead atoms. The van der Waals surface area contributed by atoms with Crippen molar-refractivity contribution in [1.82, 2.24) is 10.4 Å². The van der Waals surface area contributed by atoms with Crippen molar-refractivity contribution in [3.8, 4) is 5.75 Å². The summed E-state index contributed by atoms with van der Waals surface area (Å²) in [5, 5.41) is 16.0. The van der Waals surface area contributed by atoms with Crippen LogP contribution in [0, 0.1) is 10.1 Å². The van der Waals surface area contributed by atoms with Crippen LogP contribution < -0.4 is 15.5 Å². The molecule has 0 aliphatic carbocycles. The number of nitrogens with one attached hydrogen (secondary N) is 2. The molecule has 0 saturated carbocycles. The fourth-order valence-electron chi connectivity index (χ4n) is 1.87. The van der Waals surface area contributed by atoms with Crippen molar-refractivity contribution in [2.45, 2.75) is 0 Å². The molecular weight excluding hydrogens is 296 g/mol. The van der Waals surface area contributed by atoms with Crippen LogP contribution in [0.4, 0.5) is 11.4 Å². The van der Waals surface area contributed by atoms with Crippen molar-refractivity contribution in [2.75, 3.05) is 38.7 Å². The predicted molar refractivity (Wildman–Crippen MR) is 81.4 cm³/mol. The van der Waals surface area contributed by atoms with Crippen LogP contribution in [-0.2, 0) is 4.74 Å². The van der Waals surface area contributed by atoms with Gasteiger partial charge in [-0.15, -0.1) is 0 Å². The minimum Gasteiger partial charge on any atom is -0.494 e. The van der Waals surface area contributed by atoms with E-state index >= 15 is 0 Å². The summed E-state index contributed by atoms with van der Waals surface area (Å²) in [6, 6.07) is 4.30. The van der Waals surface area contributed by atoms with Crippen LogP contribution in [0.3, 0.4) is 0 Å². The zero-order valence-corrected chi connectivity index (χ0v) is 12.3. The molecule has 1 aromatic carbocycles. The molecule has 0 unspecified atom stereocenters. The van der Waals surface area contributed by atoms with E-state index in [-0.39, 0.29) is 5.69 Å². The first-order chi connectivity index (χ1) is 10.1. The van der Waals surface area contributed by atoms with E-state index in [1.807, 2.05) is 5.01 Å². The zero-order chi connectivity index (χ0) is 15.2. The molecular formula is C12H16N4O4S. The van der Waals surface area contributed by atoms with Crippen molar-refractivity contribution in [1.29, 1.82) is 0 Å². The van der Waals surface area contributed by atoms with Gasteiger partial charge in [0.1, 0.15) is 5.75 Å². The van der Waals surface area contributed by atoms with E-state index in [4.69, 9.17) is 21.7 Å². The van der Waals surface area contributed by atoms with E-state index in [1.54, 1.807) is 6.07 Å². The summed E-state index contributed by atoms with van der Waals surface area (Å²) in [4.78, 5) is 10.3. The maximum absolute atomic E-state index is 10.7. The van der Waals surface area contributed by atoms with Crippen LogP contribution in [-0.4, -0.2) is 48.5 Å². The van der Waals surface area contributed by atoms with Crippen molar-refractivity contribution in [3.05, 3.63) is 28.3 Å². The van der Waals surface area contributed by atoms with E-state index < -0.39 is 4.92 Å². The molecule has 1 saturated heterocycles. The summed E-state index contributed by atoms with van der Waals surface area (Å²) >= 11 is 5.21. The number of nitrogens with zero attached hydrogens (tertiary/aromatic N) is 2. The van der Waals surface area contributed by atoms with Gasteiger partial charge in [-0.1, -0.05) is 0 Å². The molecule has 1 fully saturated rings. The van der Waals surface area contributed by atoms with Gasteiger partial charge in [0.25, 0.3) is 5.69 Å². The smallest absolute Gasteiger partial charge is 0.273 e. The number of hydrogen-bond acceptors (Lipinski definition) is 6. The highest BCUT2D eigenvalue weighted by Crippen LogP contribution is 2.28. The molecule has 1 heterocycles. The molecule has 2 rings (SSSR count). The Hall–Kier alpha value is -1.97. The van der Waals surface area contributed by atoms with Gasteiger partial charge in [-0.05, 0) is 18.3 Å². The number of non-ortho nitro benzene ring substituents is 1. The van der Waals surface area contributed by atoms with Crippen molar-refractivity contribution in [3.63, 3.8) is 0 Å². The number of anilines is 1. The molecule has 0 radical (unpaired) electrons. The number of nitro benzene ring substituents is 1. The zero-order valence-electron chi connectivity index (χ0n) is 11.5. The highest BCUT2D eigenvalue weighted by atomic mass is 32.1. The van der Waals surface area contributed by atoms with Crippen LogP contribution in [0.25, 0.3) is 0 Å². The van der Waals surface area contributed by atoms with Crippen molar-refractivity contribution >= 4 is 28.7 Å². The SMILES string of the molecule is COc1cc([N+](=O)[O-])ccc1NC(=S)NN1CCOCC1. The number of methoxy groups -OCH3 is 1. The summed E-state index contributed by atoms with van der Waals surface area (Å²) in [6.45, 7) is 2.77. The topological polar surface area (TPSA) is 88.9 Å². The molecule has 0 amide bonds. The second-order valence-corrected chi connectivity index (χ2v) is 4.72. The van der Waals surface area contributed by atoms with Gasteiger partial charge in [-0.3, -0.25) is 15.5 Å². The fraction of sp³-hybridized carbons (Fsp3) is 0.417. The number of ether oxygens (including phenoxy) is 2. The third kappa shape index (κ3) is 4.25. The van der Waals surface area contributed by atoms with Crippen LogP contribution in [0.2, 0.25) is 0 Å². The molecule has 1 aliphatic heterocycles. The van der Waals surface area contributed by atoms with Gasteiger partial charge in [0.05, 0.1) is 37.0 Å². The van der Waals surface area contributed by atoms with E-state index in [0.29, 0.717) is 29.8 Å². The summed E-state index contributed by atoms with van der Waals surface area (Å²) in [7, 11) is 1.45. The first-order valence-corrected chi connectivity index (χ1v) is 6.73. The number of hydrogen-bond donors (Lipinski definition) is 2. The Morgan fingerprint density at radius 1 is 1.48 bits per heavy atom. The van der Waals surface area contributed by atoms with Gasteiger partial charge < -0.3 is 14.8 Å². The summed E-state index contributed by atoms with van der Waals surface area (Å²) in [5.74, 6) is 0.357. The molecule has 114 valence electrons. The lowest BCUT2D eigenvalue weighted by Crippen LogP contribution is -2.49. The molecule has 0 aromatic heterocycles. The van der Waals surface area contributed by atoms with Gasteiger partial charge in [-0.25, -0.2) is 5.01 Å². The lowest BCUT2D eigenvalue weighted by atomic mass is 10.2. The summed E-state index contributed by atoms with van der Waals surface area (Å²) < 4.78 is 10.4. The van der Waals surface area contributed by atoms with E-state index in [0.717, 1.165) is 13.1 Å². The van der Waals surface area contributed by atoms with Gasteiger partial charge >= 0.3 is 0 Å². The average molecular weight is 312 g/mol. The number of rotatable bonds is 4. The Balaban J connectivity index is 2.00. The minimum atomic E-state index is -0.476. The van der Waals surface area contributed by atoms with Crippen LogP contribution in [0.1, 0.15) is 0 Å². The molecule has 9 heteroatoms. The quantitative estimate of drug-likeness (QED) is 0.486. The number of hydrazine groups is 1. The molecule has 0 atom stereocenters. The molecule has 0 spiro atoms. The molecule has 8 nitrogen and oxygen atoms in total. The lowest BCUT2D eigenvalue weighted by molar-refractivity contribution is -0.384. The van der Waals surface area contributed by atoms with Gasteiger partial charge in [0, 0.05) is 19.2 Å². The number of benzene rings is 1. The van der Waals surface area contributed by atoms with E-state index in [1.165, 1.54) is 19.2 Å². The van der Waals surface area contributed by atoms with Crippen LogP contribution in [0.15, 0.2) is 18.2 Å².